The second-order valence-electron chi connectivity index (χ2n) is 4.77. The smallest absolute Gasteiger partial charge is 0.229 e. The van der Waals surface area contributed by atoms with Gasteiger partial charge in [-0.3, -0.25) is 9.71 Å². The van der Waals surface area contributed by atoms with Crippen LogP contribution < -0.4 is 4.72 Å². The number of aliphatic imine (C=N–C) groups is 1. The summed E-state index contributed by atoms with van der Waals surface area (Å²) in [6, 6.07) is 10.9. The van der Waals surface area contributed by atoms with Crippen LogP contribution in [0.1, 0.15) is 11.3 Å². The number of nitrogens with zero attached hydrogens (tertiary/aromatic N) is 1. The fraction of sp³-hybridized carbons (Fsp3) is 0.133. The van der Waals surface area contributed by atoms with Crippen LogP contribution in [-0.4, -0.2) is 26.9 Å². The number of sulfonamides is 1. The average Bonchev–Trinajstić information content (AvgIpc) is 3.08. The summed E-state index contributed by atoms with van der Waals surface area (Å²) in [7, 11) is -3.33. The molecule has 0 amide bonds. The number of benzene rings is 1. The fourth-order valence-electron chi connectivity index (χ4n) is 2.20. The summed E-state index contributed by atoms with van der Waals surface area (Å²) in [5.41, 5.74) is 3.00. The van der Waals surface area contributed by atoms with Crippen LogP contribution in [0.3, 0.4) is 0 Å². The zero-order chi connectivity index (χ0) is 14.9. The SMILES string of the molecule is CS(=O)(=O)Nc1ccccc1C1=NCC(c2ccco2)=C1. The van der Waals surface area contributed by atoms with Crippen LogP contribution in [0.15, 0.2) is 58.1 Å². The van der Waals surface area contributed by atoms with Gasteiger partial charge in [0.05, 0.1) is 30.5 Å². The van der Waals surface area contributed by atoms with Crippen LogP contribution >= 0.6 is 0 Å². The highest BCUT2D eigenvalue weighted by molar-refractivity contribution is 7.92. The van der Waals surface area contributed by atoms with Crippen molar-refractivity contribution in [2.24, 2.45) is 4.99 Å². The Bertz CT molecular complexity index is 818. The molecule has 0 radical (unpaired) electrons. The molecule has 21 heavy (non-hydrogen) atoms. The maximum Gasteiger partial charge on any atom is 0.229 e. The second-order valence-corrected chi connectivity index (χ2v) is 6.52. The zero-order valence-electron chi connectivity index (χ0n) is 11.4. The number of para-hydroxylation sites is 1. The molecule has 1 N–H and O–H groups in total. The number of rotatable bonds is 4. The zero-order valence-corrected chi connectivity index (χ0v) is 12.2. The molecule has 0 atom stereocenters. The summed E-state index contributed by atoms with van der Waals surface area (Å²) in [4.78, 5) is 4.46. The molecule has 6 heteroatoms. The Morgan fingerprint density at radius 2 is 2.00 bits per heavy atom. The van der Waals surface area contributed by atoms with Crippen molar-refractivity contribution < 1.29 is 12.8 Å². The molecule has 3 rings (SSSR count). The highest BCUT2D eigenvalue weighted by Crippen LogP contribution is 2.25. The van der Waals surface area contributed by atoms with Gasteiger partial charge in [0.1, 0.15) is 5.76 Å². The van der Waals surface area contributed by atoms with E-state index in [1.165, 1.54) is 0 Å². The largest absolute Gasteiger partial charge is 0.465 e. The second kappa shape index (κ2) is 5.21. The minimum atomic E-state index is -3.33. The number of allylic oxidation sites excluding steroid dienone is 1. The molecule has 1 aromatic carbocycles. The molecular formula is C15H14N2O3S. The minimum Gasteiger partial charge on any atom is -0.465 e. The number of nitrogens with one attached hydrogen (secondary N) is 1. The van der Waals surface area contributed by atoms with Gasteiger partial charge in [0.2, 0.25) is 10.0 Å². The van der Waals surface area contributed by atoms with Crippen LogP contribution in [0.5, 0.6) is 0 Å². The maximum absolute atomic E-state index is 11.4. The van der Waals surface area contributed by atoms with E-state index in [1.54, 1.807) is 18.4 Å². The quantitative estimate of drug-likeness (QED) is 0.943. The van der Waals surface area contributed by atoms with E-state index in [9.17, 15) is 8.42 Å². The van der Waals surface area contributed by atoms with Gasteiger partial charge in [-0.1, -0.05) is 18.2 Å². The summed E-state index contributed by atoms with van der Waals surface area (Å²) in [6.45, 7) is 0.524. The molecule has 0 saturated heterocycles. The molecule has 0 aliphatic carbocycles. The van der Waals surface area contributed by atoms with Crippen molar-refractivity contribution in [3.63, 3.8) is 0 Å². The lowest BCUT2D eigenvalue weighted by molar-refractivity contribution is 0.552. The molecule has 0 unspecified atom stereocenters. The van der Waals surface area contributed by atoms with E-state index in [0.29, 0.717) is 12.2 Å². The van der Waals surface area contributed by atoms with Crippen molar-refractivity contribution in [1.82, 2.24) is 0 Å². The maximum atomic E-state index is 11.4. The van der Waals surface area contributed by atoms with E-state index >= 15 is 0 Å². The first kappa shape index (κ1) is 13.6. The van der Waals surface area contributed by atoms with Gasteiger partial charge >= 0.3 is 0 Å². The van der Waals surface area contributed by atoms with Gasteiger partial charge in [0.25, 0.3) is 0 Å². The van der Waals surface area contributed by atoms with E-state index in [1.807, 2.05) is 30.3 Å². The van der Waals surface area contributed by atoms with Crippen molar-refractivity contribution >= 4 is 27.0 Å². The summed E-state index contributed by atoms with van der Waals surface area (Å²) >= 11 is 0. The monoisotopic (exact) mass is 302 g/mol. The van der Waals surface area contributed by atoms with Gasteiger partial charge in [-0.25, -0.2) is 8.42 Å². The normalized spacial score (nSPS) is 14.7. The molecule has 2 aromatic rings. The highest BCUT2D eigenvalue weighted by atomic mass is 32.2. The van der Waals surface area contributed by atoms with Crippen molar-refractivity contribution in [3.05, 3.63) is 60.1 Å². The summed E-state index contributed by atoms with van der Waals surface area (Å²) in [5.74, 6) is 0.780. The molecule has 0 bridgehead atoms. The summed E-state index contributed by atoms with van der Waals surface area (Å²) in [6.07, 6.45) is 4.67. The van der Waals surface area contributed by atoms with Gasteiger partial charge < -0.3 is 4.42 Å². The van der Waals surface area contributed by atoms with Crippen LogP contribution in [-0.2, 0) is 10.0 Å². The lowest BCUT2D eigenvalue weighted by Gasteiger charge is -2.09. The van der Waals surface area contributed by atoms with E-state index in [-0.39, 0.29) is 0 Å². The predicted molar refractivity (Wildman–Crippen MR) is 83.0 cm³/mol. The fourth-order valence-corrected chi connectivity index (χ4v) is 2.77. The lowest BCUT2D eigenvalue weighted by Crippen LogP contribution is -2.12. The number of anilines is 1. The van der Waals surface area contributed by atoms with Gasteiger partial charge in [-0.05, 0) is 24.3 Å². The topological polar surface area (TPSA) is 71.7 Å². The van der Waals surface area contributed by atoms with Crippen LogP contribution in [0, 0.1) is 0 Å². The number of hydrogen-bond donors (Lipinski definition) is 1. The van der Waals surface area contributed by atoms with E-state index in [2.05, 4.69) is 9.71 Å². The third-order valence-electron chi connectivity index (χ3n) is 3.07. The Morgan fingerprint density at radius 3 is 2.71 bits per heavy atom. The Kier molecular flexibility index (Phi) is 3.39. The van der Waals surface area contributed by atoms with Crippen molar-refractivity contribution in [1.29, 1.82) is 0 Å². The molecule has 5 nitrogen and oxygen atoms in total. The first-order valence-electron chi connectivity index (χ1n) is 6.39. The van der Waals surface area contributed by atoms with Crippen LogP contribution in [0.2, 0.25) is 0 Å². The van der Waals surface area contributed by atoms with Crippen LogP contribution in [0.4, 0.5) is 5.69 Å². The van der Waals surface area contributed by atoms with E-state index < -0.39 is 10.0 Å². The summed E-state index contributed by atoms with van der Waals surface area (Å²) in [5, 5.41) is 0. The van der Waals surface area contributed by atoms with Gasteiger partial charge in [-0.2, -0.15) is 0 Å². The Hall–Kier alpha value is -2.34. The predicted octanol–water partition coefficient (Wildman–Crippen LogP) is 2.54. The van der Waals surface area contributed by atoms with Crippen LogP contribution in [0.25, 0.3) is 5.57 Å². The molecule has 108 valence electrons. The first-order chi connectivity index (χ1) is 10.0. The molecular weight excluding hydrogens is 288 g/mol. The lowest BCUT2D eigenvalue weighted by atomic mass is 10.1. The molecule has 1 aliphatic rings. The molecule has 0 fully saturated rings. The molecule has 1 aromatic heterocycles. The first-order valence-corrected chi connectivity index (χ1v) is 8.28. The summed E-state index contributed by atoms with van der Waals surface area (Å²) < 4.78 is 30.7. The van der Waals surface area contributed by atoms with E-state index in [4.69, 9.17) is 4.42 Å². The van der Waals surface area contributed by atoms with Crippen molar-refractivity contribution in [2.75, 3.05) is 17.5 Å². The van der Waals surface area contributed by atoms with E-state index in [0.717, 1.165) is 28.9 Å². The standard InChI is InChI=1S/C15H14N2O3S/c1-21(18,19)17-13-6-3-2-5-12(13)14-9-11(10-16-14)15-7-4-8-20-15/h2-9,17H,10H2,1H3. The number of hydrogen-bond acceptors (Lipinski definition) is 4. The highest BCUT2D eigenvalue weighted by Gasteiger charge is 2.17. The third kappa shape index (κ3) is 3.05. The average molecular weight is 302 g/mol. The number of furan rings is 1. The van der Waals surface area contributed by atoms with Crippen molar-refractivity contribution in [3.8, 4) is 0 Å². The minimum absolute atomic E-state index is 0.524. The molecule has 1 aliphatic heterocycles. The van der Waals surface area contributed by atoms with Crippen molar-refractivity contribution in [2.45, 2.75) is 0 Å². The molecule has 0 saturated carbocycles. The van der Waals surface area contributed by atoms with Gasteiger partial charge in [0.15, 0.2) is 0 Å². The Balaban J connectivity index is 1.95. The Morgan fingerprint density at radius 1 is 1.19 bits per heavy atom. The third-order valence-corrected chi connectivity index (χ3v) is 3.66. The molecule has 2 heterocycles. The Labute approximate surface area is 123 Å². The van der Waals surface area contributed by atoms with Gasteiger partial charge in [0, 0.05) is 11.1 Å². The van der Waals surface area contributed by atoms with Gasteiger partial charge in [-0.15, -0.1) is 0 Å². The molecule has 0 spiro atoms.